The number of aromatic nitrogens is 2. The van der Waals surface area contributed by atoms with Gasteiger partial charge in [0.15, 0.2) is 11.5 Å². The van der Waals surface area contributed by atoms with Gasteiger partial charge in [-0.1, -0.05) is 6.07 Å². The summed E-state index contributed by atoms with van der Waals surface area (Å²) in [5.41, 5.74) is 1.82. The Balaban J connectivity index is 1.51. The summed E-state index contributed by atoms with van der Waals surface area (Å²) in [6.45, 7) is 4.55. The first-order valence-electron chi connectivity index (χ1n) is 8.02. The van der Waals surface area contributed by atoms with E-state index in [0.29, 0.717) is 18.2 Å². The maximum absolute atomic E-state index is 6.00. The van der Waals surface area contributed by atoms with E-state index in [0.717, 1.165) is 22.7 Å². The van der Waals surface area contributed by atoms with Crippen LogP contribution in [0.3, 0.4) is 0 Å². The number of ether oxygens (including phenoxy) is 3. The van der Waals surface area contributed by atoms with Gasteiger partial charge in [-0.25, -0.2) is 4.98 Å². The summed E-state index contributed by atoms with van der Waals surface area (Å²) in [5.74, 6) is 1.94. The van der Waals surface area contributed by atoms with E-state index < -0.39 is 5.60 Å². The highest BCUT2D eigenvalue weighted by atomic mass is 16.7. The first kappa shape index (κ1) is 15.7. The van der Waals surface area contributed by atoms with Gasteiger partial charge in [0.05, 0.1) is 12.3 Å². The van der Waals surface area contributed by atoms with Gasteiger partial charge in [0.2, 0.25) is 12.7 Å². The summed E-state index contributed by atoms with van der Waals surface area (Å²) in [5, 5.41) is 0. The van der Waals surface area contributed by atoms with Crippen LogP contribution in [-0.4, -0.2) is 16.8 Å². The van der Waals surface area contributed by atoms with Gasteiger partial charge in [0, 0.05) is 11.8 Å². The lowest BCUT2D eigenvalue weighted by Crippen LogP contribution is -2.22. The molecule has 1 aromatic carbocycles. The topological polar surface area (TPSA) is 66.6 Å². The van der Waals surface area contributed by atoms with Crippen molar-refractivity contribution in [3.8, 4) is 23.0 Å². The molecule has 0 saturated heterocycles. The van der Waals surface area contributed by atoms with Gasteiger partial charge in [-0.3, -0.25) is 4.98 Å². The predicted octanol–water partition coefficient (Wildman–Crippen LogP) is 3.92. The second kappa shape index (κ2) is 6.22. The molecule has 0 unspecified atom stereocenters. The zero-order valence-electron chi connectivity index (χ0n) is 14.1. The molecular weight excluding hydrogens is 320 g/mol. The van der Waals surface area contributed by atoms with Crippen molar-refractivity contribution >= 4 is 0 Å². The van der Waals surface area contributed by atoms with Crippen molar-refractivity contribution in [1.29, 1.82) is 0 Å². The Morgan fingerprint density at radius 2 is 2.00 bits per heavy atom. The van der Waals surface area contributed by atoms with Crippen molar-refractivity contribution in [2.24, 2.45) is 0 Å². The molecule has 1 aliphatic rings. The number of rotatable bonds is 5. The van der Waals surface area contributed by atoms with Gasteiger partial charge in [0.1, 0.15) is 17.6 Å². The summed E-state index contributed by atoms with van der Waals surface area (Å²) in [4.78, 5) is 8.85. The van der Waals surface area contributed by atoms with Crippen LogP contribution in [0.1, 0.15) is 25.2 Å². The van der Waals surface area contributed by atoms with Crippen molar-refractivity contribution in [2.75, 3.05) is 6.79 Å². The van der Waals surface area contributed by atoms with Gasteiger partial charge >= 0.3 is 0 Å². The third-order valence-electron chi connectivity index (χ3n) is 4.05. The molecule has 0 amide bonds. The molecule has 0 N–H and O–H groups in total. The second-order valence-corrected chi connectivity index (χ2v) is 6.23. The molecule has 0 fully saturated rings. The van der Waals surface area contributed by atoms with Crippen molar-refractivity contribution in [2.45, 2.75) is 26.1 Å². The first-order chi connectivity index (χ1) is 12.1. The molecular formula is C19H18N2O4. The third-order valence-corrected chi connectivity index (χ3v) is 4.05. The number of hydrogen-bond donors (Lipinski definition) is 0. The van der Waals surface area contributed by atoms with Gasteiger partial charge in [0.25, 0.3) is 0 Å². The van der Waals surface area contributed by atoms with E-state index in [1.807, 2.05) is 50.2 Å². The van der Waals surface area contributed by atoms with Gasteiger partial charge in [-0.15, -0.1) is 0 Å². The quantitative estimate of drug-likeness (QED) is 0.702. The minimum atomic E-state index is -0.602. The van der Waals surface area contributed by atoms with Gasteiger partial charge in [-0.05, 0) is 44.2 Å². The maximum atomic E-state index is 6.00. The molecule has 6 heteroatoms. The molecule has 128 valence electrons. The molecule has 3 heterocycles. The Morgan fingerprint density at radius 1 is 1.12 bits per heavy atom. The highest BCUT2D eigenvalue weighted by Gasteiger charge is 2.26. The highest BCUT2D eigenvalue weighted by Crippen LogP contribution is 2.36. The maximum Gasteiger partial charge on any atom is 0.231 e. The fraction of sp³-hybridized carbons (Fsp3) is 0.263. The molecule has 0 saturated carbocycles. The Morgan fingerprint density at radius 3 is 2.84 bits per heavy atom. The Bertz CT molecular complexity index is 874. The lowest BCUT2D eigenvalue weighted by Gasteiger charge is -2.22. The standard InChI is InChI=1S/C19H18N2O4/c1-19(2,25-10-14-5-3-4-8-20-14)17-11-22-18(21-17)13-6-7-15-16(9-13)24-12-23-15/h3-9,11H,10,12H2,1-2H3. The monoisotopic (exact) mass is 338 g/mol. The van der Waals surface area contributed by atoms with E-state index >= 15 is 0 Å². The zero-order chi connectivity index (χ0) is 17.3. The van der Waals surface area contributed by atoms with Crippen molar-refractivity contribution in [3.63, 3.8) is 0 Å². The number of oxazole rings is 1. The number of hydrogen-bond acceptors (Lipinski definition) is 6. The summed E-state index contributed by atoms with van der Waals surface area (Å²) in [6.07, 6.45) is 3.37. The number of nitrogens with zero attached hydrogens (tertiary/aromatic N) is 2. The van der Waals surface area contributed by atoms with Crippen molar-refractivity contribution in [3.05, 3.63) is 60.2 Å². The van der Waals surface area contributed by atoms with Crippen molar-refractivity contribution < 1.29 is 18.6 Å². The number of pyridine rings is 1. The lowest BCUT2D eigenvalue weighted by atomic mass is 10.1. The van der Waals surface area contributed by atoms with E-state index in [1.54, 1.807) is 12.5 Å². The van der Waals surface area contributed by atoms with E-state index in [1.165, 1.54) is 0 Å². The zero-order valence-corrected chi connectivity index (χ0v) is 14.1. The van der Waals surface area contributed by atoms with Crippen LogP contribution in [0.5, 0.6) is 11.5 Å². The Hall–Kier alpha value is -2.86. The molecule has 25 heavy (non-hydrogen) atoms. The molecule has 0 atom stereocenters. The van der Waals surface area contributed by atoms with Crippen LogP contribution in [0.4, 0.5) is 0 Å². The van der Waals surface area contributed by atoms with Crippen LogP contribution in [0.15, 0.2) is 53.3 Å². The molecule has 2 aromatic heterocycles. The second-order valence-electron chi connectivity index (χ2n) is 6.23. The lowest BCUT2D eigenvalue weighted by molar-refractivity contribution is -0.0381. The summed E-state index contributed by atoms with van der Waals surface area (Å²) >= 11 is 0. The molecule has 0 radical (unpaired) electrons. The van der Waals surface area contributed by atoms with Crippen molar-refractivity contribution in [1.82, 2.24) is 9.97 Å². The highest BCUT2D eigenvalue weighted by molar-refractivity contribution is 5.60. The number of benzene rings is 1. The average Bonchev–Trinajstić information content (AvgIpc) is 3.30. The summed E-state index contributed by atoms with van der Waals surface area (Å²) in [6, 6.07) is 11.3. The summed E-state index contributed by atoms with van der Waals surface area (Å²) < 4.78 is 22.4. The molecule has 4 rings (SSSR count). The van der Waals surface area contributed by atoms with E-state index in [4.69, 9.17) is 18.6 Å². The number of fused-ring (bicyclic) bond motifs is 1. The van der Waals surface area contributed by atoms with Crippen LogP contribution < -0.4 is 9.47 Å². The Kier molecular flexibility index (Phi) is 3.89. The van der Waals surface area contributed by atoms with Crippen LogP contribution in [0.2, 0.25) is 0 Å². The fourth-order valence-electron chi connectivity index (χ4n) is 2.52. The van der Waals surface area contributed by atoms with Crippen LogP contribution in [-0.2, 0) is 16.9 Å². The molecule has 3 aromatic rings. The SMILES string of the molecule is CC(C)(OCc1ccccn1)c1coc(-c2ccc3c(c2)OCO3)n1. The average molecular weight is 338 g/mol. The smallest absolute Gasteiger partial charge is 0.231 e. The normalized spacial score (nSPS) is 13.2. The van der Waals surface area contributed by atoms with Gasteiger partial charge < -0.3 is 18.6 Å². The minimum absolute atomic E-state index is 0.240. The predicted molar refractivity (Wildman–Crippen MR) is 90.1 cm³/mol. The van der Waals surface area contributed by atoms with E-state index in [2.05, 4.69) is 9.97 Å². The molecule has 0 spiro atoms. The third kappa shape index (κ3) is 3.21. The van der Waals surface area contributed by atoms with Crippen LogP contribution >= 0.6 is 0 Å². The molecule has 6 nitrogen and oxygen atoms in total. The van der Waals surface area contributed by atoms with E-state index in [9.17, 15) is 0 Å². The largest absolute Gasteiger partial charge is 0.454 e. The molecule has 0 bridgehead atoms. The first-order valence-corrected chi connectivity index (χ1v) is 8.02. The summed E-state index contributed by atoms with van der Waals surface area (Å²) in [7, 11) is 0. The van der Waals surface area contributed by atoms with Crippen LogP contribution in [0, 0.1) is 0 Å². The minimum Gasteiger partial charge on any atom is -0.454 e. The Labute approximate surface area is 145 Å². The molecule has 0 aliphatic carbocycles. The van der Waals surface area contributed by atoms with Crippen LogP contribution in [0.25, 0.3) is 11.5 Å². The van der Waals surface area contributed by atoms with E-state index in [-0.39, 0.29) is 6.79 Å². The molecule has 1 aliphatic heterocycles. The fourth-order valence-corrected chi connectivity index (χ4v) is 2.52. The van der Waals surface area contributed by atoms with Gasteiger partial charge in [-0.2, -0.15) is 0 Å².